The zero-order chi connectivity index (χ0) is 21.2. The molecular weight excluding hydrogens is 373 g/mol. The molecule has 2 aromatic carbocycles. The number of benzene rings is 2. The molecule has 2 N–H and O–H groups in total. The number of halogens is 1. The van der Waals surface area contributed by atoms with E-state index in [2.05, 4.69) is 15.8 Å². The molecule has 0 aliphatic rings. The molecule has 0 radical (unpaired) electrons. The number of hydrogen-bond acceptors (Lipinski definition) is 4. The van der Waals surface area contributed by atoms with E-state index in [0.29, 0.717) is 17.7 Å². The number of nitrogens with one attached hydrogen (secondary N) is 2. The highest BCUT2D eigenvalue weighted by Gasteiger charge is 2.22. The molecular formula is C22H26FN3O3. The summed E-state index contributed by atoms with van der Waals surface area (Å²) in [7, 11) is 0. The maximum Gasteiger partial charge on any atom is 0.262 e. The Hall–Kier alpha value is -3.22. The monoisotopic (exact) mass is 399 g/mol. The van der Waals surface area contributed by atoms with Crippen LogP contribution in [-0.2, 0) is 9.59 Å². The molecule has 6 nitrogen and oxygen atoms in total. The van der Waals surface area contributed by atoms with Gasteiger partial charge in [-0.2, -0.15) is 5.10 Å². The van der Waals surface area contributed by atoms with Crippen LogP contribution in [0.25, 0.3) is 0 Å². The fraction of sp³-hybridized carbons (Fsp3) is 0.318. The molecule has 2 aromatic rings. The second-order valence-corrected chi connectivity index (χ2v) is 7.09. The average molecular weight is 399 g/mol. The Labute approximate surface area is 170 Å². The summed E-state index contributed by atoms with van der Waals surface area (Å²) in [5, 5.41) is 6.58. The van der Waals surface area contributed by atoms with Crippen molar-refractivity contribution in [1.82, 2.24) is 10.7 Å². The van der Waals surface area contributed by atoms with Gasteiger partial charge in [0.1, 0.15) is 17.6 Å². The summed E-state index contributed by atoms with van der Waals surface area (Å²) >= 11 is 0. The molecule has 154 valence electrons. The summed E-state index contributed by atoms with van der Waals surface area (Å²) in [6, 6.07) is 12.3. The number of hydrogen-bond donors (Lipinski definition) is 2. The third-order valence-electron chi connectivity index (χ3n) is 4.07. The lowest BCUT2D eigenvalue weighted by molar-refractivity contribution is -0.130. The minimum Gasteiger partial charge on any atom is -0.484 e. The zero-order valence-corrected chi connectivity index (χ0v) is 16.8. The topological polar surface area (TPSA) is 79.8 Å². The van der Waals surface area contributed by atoms with Gasteiger partial charge in [0.15, 0.2) is 6.61 Å². The largest absolute Gasteiger partial charge is 0.484 e. The Kier molecular flexibility index (Phi) is 8.33. The highest BCUT2D eigenvalue weighted by Crippen LogP contribution is 2.15. The van der Waals surface area contributed by atoms with E-state index in [9.17, 15) is 14.0 Å². The van der Waals surface area contributed by atoms with Gasteiger partial charge < -0.3 is 10.1 Å². The first-order chi connectivity index (χ1) is 13.8. The van der Waals surface area contributed by atoms with Crippen LogP contribution in [0, 0.1) is 18.7 Å². The number of carbonyl (C=O) groups is 2. The van der Waals surface area contributed by atoms with Crippen LogP contribution in [-0.4, -0.2) is 30.7 Å². The van der Waals surface area contributed by atoms with Crippen LogP contribution in [0.1, 0.15) is 31.4 Å². The van der Waals surface area contributed by atoms with Gasteiger partial charge in [-0.3, -0.25) is 9.59 Å². The van der Waals surface area contributed by atoms with E-state index < -0.39 is 17.9 Å². The average Bonchev–Trinajstić information content (AvgIpc) is 2.68. The molecule has 0 aliphatic heterocycles. The first kappa shape index (κ1) is 22.1. The molecule has 0 spiro atoms. The zero-order valence-electron chi connectivity index (χ0n) is 16.8. The summed E-state index contributed by atoms with van der Waals surface area (Å²) in [5.74, 6) is -0.363. The standard InChI is InChI=1S/C22H26FN3O3/c1-15(2)12-19(22(28)26-24-13-17-8-10-18(23)11-9-17)25-21(27)14-29-20-7-5-4-6-16(20)3/h4-11,13,15,19H,12,14H2,1-3H3,(H,25,27)(H,26,28)/b24-13-/t19-/m0/s1. The molecule has 0 aliphatic carbocycles. The van der Waals surface area contributed by atoms with Crippen molar-refractivity contribution in [2.45, 2.75) is 33.2 Å². The second-order valence-electron chi connectivity index (χ2n) is 7.09. The fourth-order valence-corrected chi connectivity index (χ4v) is 2.60. The van der Waals surface area contributed by atoms with Crippen molar-refractivity contribution in [3.05, 3.63) is 65.5 Å². The van der Waals surface area contributed by atoms with Gasteiger partial charge in [-0.1, -0.05) is 44.2 Å². The third kappa shape index (κ3) is 7.73. The molecule has 7 heteroatoms. The lowest BCUT2D eigenvalue weighted by Gasteiger charge is -2.19. The summed E-state index contributed by atoms with van der Waals surface area (Å²) in [5.41, 5.74) is 3.99. The maximum atomic E-state index is 12.9. The molecule has 2 rings (SSSR count). The van der Waals surface area contributed by atoms with Crippen molar-refractivity contribution in [2.24, 2.45) is 11.0 Å². The molecule has 0 unspecified atom stereocenters. The van der Waals surface area contributed by atoms with Gasteiger partial charge in [-0.05, 0) is 48.6 Å². The minimum absolute atomic E-state index is 0.185. The maximum absolute atomic E-state index is 12.9. The number of rotatable bonds is 9. The van der Waals surface area contributed by atoms with Gasteiger partial charge in [-0.15, -0.1) is 0 Å². The van der Waals surface area contributed by atoms with Crippen LogP contribution in [0.5, 0.6) is 5.75 Å². The molecule has 1 atom stereocenters. The normalized spacial score (nSPS) is 12.0. The van der Waals surface area contributed by atoms with Crippen LogP contribution >= 0.6 is 0 Å². The molecule has 0 saturated heterocycles. The van der Waals surface area contributed by atoms with Crippen LogP contribution in [0.2, 0.25) is 0 Å². The van der Waals surface area contributed by atoms with Crippen LogP contribution in [0.4, 0.5) is 4.39 Å². The number of amides is 2. The van der Waals surface area contributed by atoms with Crippen LogP contribution < -0.4 is 15.5 Å². The van der Waals surface area contributed by atoms with Crippen molar-refractivity contribution in [1.29, 1.82) is 0 Å². The Bertz CT molecular complexity index is 851. The van der Waals surface area contributed by atoms with Gasteiger partial charge in [0, 0.05) is 0 Å². The van der Waals surface area contributed by atoms with Gasteiger partial charge in [0.2, 0.25) is 0 Å². The highest BCUT2D eigenvalue weighted by atomic mass is 19.1. The van der Waals surface area contributed by atoms with Crippen LogP contribution in [0.3, 0.4) is 0 Å². The lowest BCUT2D eigenvalue weighted by atomic mass is 10.0. The molecule has 0 heterocycles. The quantitative estimate of drug-likeness (QED) is 0.502. The van der Waals surface area contributed by atoms with Crippen molar-refractivity contribution in [3.63, 3.8) is 0 Å². The molecule has 2 amide bonds. The van der Waals surface area contributed by atoms with E-state index in [1.54, 1.807) is 18.2 Å². The Morgan fingerprint density at radius 2 is 1.83 bits per heavy atom. The Balaban J connectivity index is 1.91. The summed E-state index contributed by atoms with van der Waals surface area (Å²) in [4.78, 5) is 24.7. The molecule has 29 heavy (non-hydrogen) atoms. The fourth-order valence-electron chi connectivity index (χ4n) is 2.60. The number of ether oxygens (including phenoxy) is 1. The Morgan fingerprint density at radius 3 is 2.48 bits per heavy atom. The van der Waals surface area contributed by atoms with Gasteiger partial charge in [-0.25, -0.2) is 9.82 Å². The van der Waals surface area contributed by atoms with Crippen molar-refractivity contribution < 1.29 is 18.7 Å². The van der Waals surface area contributed by atoms with Crippen LogP contribution in [0.15, 0.2) is 53.6 Å². The van der Waals surface area contributed by atoms with Crippen molar-refractivity contribution >= 4 is 18.0 Å². The molecule has 0 fully saturated rings. The summed E-state index contributed by atoms with van der Waals surface area (Å²) in [6.45, 7) is 5.61. The van der Waals surface area contributed by atoms with Gasteiger partial charge in [0.25, 0.3) is 11.8 Å². The number of nitrogens with zero attached hydrogens (tertiary/aromatic N) is 1. The van der Waals surface area contributed by atoms with E-state index in [1.165, 1.54) is 18.3 Å². The van der Waals surface area contributed by atoms with E-state index in [1.807, 2.05) is 39.0 Å². The minimum atomic E-state index is -0.742. The Morgan fingerprint density at radius 1 is 1.14 bits per heavy atom. The van der Waals surface area contributed by atoms with E-state index in [0.717, 1.165) is 5.56 Å². The first-order valence-corrected chi connectivity index (χ1v) is 9.41. The second kappa shape index (κ2) is 10.9. The number of carbonyl (C=O) groups excluding carboxylic acids is 2. The van der Waals surface area contributed by atoms with E-state index in [-0.39, 0.29) is 18.3 Å². The predicted octanol–water partition coefficient (Wildman–Crippen LogP) is 3.19. The van der Waals surface area contributed by atoms with E-state index in [4.69, 9.17) is 4.74 Å². The van der Waals surface area contributed by atoms with E-state index >= 15 is 0 Å². The smallest absolute Gasteiger partial charge is 0.262 e. The summed E-state index contributed by atoms with van der Waals surface area (Å²) in [6.07, 6.45) is 1.86. The SMILES string of the molecule is Cc1ccccc1OCC(=O)N[C@@H](CC(C)C)C(=O)N/N=C\c1ccc(F)cc1. The van der Waals surface area contributed by atoms with Crippen molar-refractivity contribution in [2.75, 3.05) is 6.61 Å². The first-order valence-electron chi connectivity index (χ1n) is 9.41. The molecule has 0 saturated carbocycles. The molecule has 0 bridgehead atoms. The van der Waals surface area contributed by atoms with Crippen molar-refractivity contribution in [3.8, 4) is 5.75 Å². The summed E-state index contributed by atoms with van der Waals surface area (Å²) < 4.78 is 18.4. The lowest BCUT2D eigenvalue weighted by Crippen LogP contribution is -2.47. The number of hydrazone groups is 1. The highest BCUT2D eigenvalue weighted by molar-refractivity contribution is 5.89. The van der Waals surface area contributed by atoms with Gasteiger partial charge >= 0.3 is 0 Å². The predicted molar refractivity (Wildman–Crippen MR) is 110 cm³/mol. The number of para-hydroxylation sites is 1. The molecule has 0 aromatic heterocycles. The third-order valence-corrected chi connectivity index (χ3v) is 4.07. The number of aryl methyl sites for hydroxylation is 1. The van der Waals surface area contributed by atoms with Gasteiger partial charge in [0.05, 0.1) is 6.21 Å².